The normalized spacial score (nSPS) is 12.6. The Labute approximate surface area is 355 Å². The van der Waals surface area contributed by atoms with E-state index in [1.165, 1.54) is 113 Å². The van der Waals surface area contributed by atoms with Gasteiger partial charge in [-0.25, -0.2) is 0 Å². The number of hydrogen-bond donors (Lipinski definition) is 0. The molecule has 0 radical (unpaired) electrons. The smallest absolute Gasteiger partial charge is 0.0602 e. The van der Waals surface area contributed by atoms with Crippen LogP contribution < -0.4 is 4.90 Å². The van der Waals surface area contributed by atoms with E-state index in [0.717, 1.165) is 5.69 Å². The zero-order chi connectivity index (χ0) is 39.3. The molecule has 280 valence electrons. The topological polar surface area (TPSA) is 8.17 Å². The van der Waals surface area contributed by atoms with Gasteiger partial charge < -0.3 is 9.47 Å². The Balaban J connectivity index is 0.911. The monoisotopic (exact) mass is 798 g/mol. The molecule has 0 amide bonds. The maximum absolute atomic E-state index is 2.44. The van der Waals surface area contributed by atoms with Gasteiger partial charge in [0.05, 0.1) is 22.4 Å². The Morgan fingerprint density at radius 3 is 2.02 bits per heavy atom. The van der Waals surface area contributed by atoms with Crippen LogP contribution in [-0.2, 0) is 0 Å². The first-order chi connectivity index (χ1) is 29.7. The fourth-order valence-electron chi connectivity index (χ4n) is 9.48. The molecule has 12 aromatic rings. The van der Waals surface area contributed by atoms with Crippen molar-refractivity contribution < 1.29 is 0 Å². The minimum absolute atomic E-state index is 1.16. The van der Waals surface area contributed by atoms with Gasteiger partial charge in [0.1, 0.15) is 0 Å². The first kappa shape index (κ1) is 33.8. The minimum Gasteiger partial charge on any atom is -0.309 e. The van der Waals surface area contributed by atoms with Crippen molar-refractivity contribution >= 4 is 104 Å². The first-order valence-electron chi connectivity index (χ1n) is 20.4. The summed E-state index contributed by atoms with van der Waals surface area (Å²) in [5.41, 5.74) is 12.0. The molecule has 10 aromatic carbocycles. The summed E-state index contributed by atoms with van der Waals surface area (Å²) in [4.78, 5) is 4.92. The van der Waals surface area contributed by atoms with Crippen molar-refractivity contribution in [2.45, 2.75) is 9.79 Å². The number of rotatable bonds is 4. The predicted molar refractivity (Wildman–Crippen MR) is 258 cm³/mol. The van der Waals surface area contributed by atoms with Crippen LogP contribution in [0.25, 0.3) is 91.5 Å². The highest BCUT2D eigenvalue weighted by molar-refractivity contribution is 7.99. The summed E-state index contributed by atoms with van der Waals surface area (Å²) in [7, 11) is 0. The number of benzene rings is 10. The molecule has 13 rings (SSSR count). The van der Waals surface area contributed by atoms with Gasteiger partial charge in [-0.05, 0) is 123 Å². The summed E-state index contributed by atoms with van der Waals surface area (Å²) in [6, 6.07) is 76.2. The van der Waals surface area contributed by atoms with E-state index in [4.69, 9.17) is 0 Å². The summed E-state index contributed by atoms with van der Waals surface area (Å²) in [5, 5.41) is 10.3. The van der Waals surface area contributed by atoms with Crippen LogP contribution in [0.5, 0.6) is 0 Å². The van der Waals surface area contributed by atoms with Gasteiger partial charge >= 0.3 is 0 Å². The fraction of sp³-hybridized carbons (Fsp3) is 0. The third-order valence-corrected chi connectivity index (χ3v) is 14.6. The second-order valence-corrected chi connectivity index (χ2v) is 17.9. The first-order valence-corrected chi connectivity index (χ1v) is 22.0. The number of hydrogen-bond acceptors (Lipinski definition) is 3. The van der Waals surface area contributed by atoms with Gasteiger partial charge in [0, 0.05) is 57.5 Å². The van der Waals surface area contributed by atoms with Crippen LogP contribution in [0.3, 0.4) is 0 Å². The zero-order valence-electron chi connectivity index (χ0n) is 32.3. The van der Waals surface area contributed by atoms with Crippen molar-refractivity contribution in [3.05, 3.63) is 206 Å². The van der Waals surface area contributed by atoms with Crippen LogP contribution in [0.4, 0.5) is 17.1 Å². The third-order valence-electron chi connectivity index (χ3n) is 12.3. The molecule has 3 heterocycles. The summed E-state index contributed by atoms with van der Waals surface area (Å²) >= 11 is 3.75. The van der Waals surface area contributed by atoms with Gasteiger partial charge in [0.2, 0.25) is 0 Å². The van der Waals surface area contributed by atoms with Gasteiger partial charge in [-0.15, -0.1) is 11.3 Å². The number of thiophene rings is 1. The lowest BCUT2D eigenvalue weighted by Gasteiger charge is -2.33. The molecule has 0 N–H and O–H groups in total. The van der Waals surface area contributed by atoms with Gasteiger partial charge in [-0.1, -0.05) is 133 Å². The number of para-hydroxylation sites is 2. The molecule has 2 nitrogen and oxygen atoms in total. The molecule has 0 spiro atoms. The van der Waals surface area contributed by atoms with Crippen molar-refractivity contribution in [1.29, 1.82) is 0 Å². The Morgan fingerprint density at radius 2 is 1.07 bits per heavy atom. The Morgan fingerprint density at radius 1 is 0.333 bits per heavy atom. The van der Waals surface area contributed by atoms with Crippen molar-refractivity contribution in [3.8, 4) is 27.9 Å². The van der Waals surface area contributed by atoms with E-state index in [-0.39, 0.29) is 0 Å². The zero-order valence-corrected chi connectivity index (χ0v) is 34.0. The molecule has 0 unspecified atom stereocenters. The highest BCUT2D eigenvalue weighted by atomic mass is 32.2. The van der Waals surface area contributed by atoms with E-state index >= 15 is 0 Å². The van der Waals surface area contributed by atoms with Crippen LogP contribution in [0.1, 0.15) is 0 Å². The maximum atomic E-state index is 2.44. The largest absolute Gasteiger partial charge is 0.309 e. The Kier molecular flexibility index (Phi) is 7.44. The molecule has 4 heteroatoms. The van der Waals surface area contributed by atoms with E-state index in [1.54, 1.807) is 0 Å². The fourth-order valence-corrected chi connectivity index (χ4v) is 11.8. The number of aromatic nitrogens is 1. The highest BCUT2D eigenvalue weighted by Gasteiger charge is 2.26. The van der Waals surface area contributed by atoms with Crippen molar-refractivity contribution in [2.24, 2.45) is 0 Å². The van der Waals surface area contributed by atoms with Crippen LogP contribution in [0.15, 0.2) is 216 Å². The molecular formula is C56H34N2S2. The summed E-state index contributed by atoms with van der Waals surface area (Å²) in [6.07, 6.45) is 0. The molecule has 0 aliphatic carbocycles. The van der Waals surface area contributed by atoms with Gasteiger partial charge in [0.15, 0.2) is 0 Å². The lowest BCUT2D eigenvalue weighted by atomic mass is 10.0. The van der Waals surface area contributed by atoms with Crippen molar-refractivity contribution in [1.82, 2.24) is 4.57 Å². The average Bonchev–Trinajstić information content (AvgIpc) is 3.86. The SMILES string of the molecule is c1ccc(-c2cccc(N3c4ccccc4Sc4cc(-c5ccc6c(c5)c5ccccc5n6-c5ccc6cc7c(ccc8c9ccccc9sc78)cc6c5)ccc43)c2)cc1. The van der Waals surface area contributed by atoms with Gasteiger partial charge in [-0.2, -0.15) is 0 Å². The molecule has 0 bridgehead atoms. The summed E-state index contributed by atoms with van der Waals surface area (Å²) < 4.78 is 5.15. The van der Waals surface area contributed by atoms with Crippen LogP contribution in [-0.4, -0.2) is 4.57 Å². The second kappa shape index (κ2) is 13.2. The number of nitrogens with zero attached hydrogens (tertiary/aromatic N) is 2. The molecule has 0 saturated heterocycles. The third kappa shape index (κ3) is 5.21. The van der Waals surface area contributed by atoms with E-state index in [1.807, 2.05) is 23.1 Å². The van der Waals surface area contributed by atoms with Crippen LogP contribution >= 0.6 is 23.1 Å². The van der Waals surface area contributed by atoms with Gasteiger partial charge in [0.25, 0.3) is 0 Å². The molecule has 0 fully saturated rings. The Bertz CT molecular complexity index is 3710. The van der Waals surface area contributed by atoms with Gasteiger partial charge in [-0.3, -0.25) is 0 Å². The van der Waals surface area contributed by atoms with Crippen LogP contribution in [0, 0.1) is 0 Å². The molecule has 1 aliphatic heterocycles. The summed E-state index contributed by atoms with van der Waals surface area (Å²) in [6.45, 7) is 0. The molecule has 0 atom stereocenters. The van der Waals surface area contributed by atoms with E-state index in [2.05, 4.69) is 216 Å². The molecular weight excluding hydrogens is 765 g/mol. The molecule has 2 aromatic heterocycles. The van der Waals surface area contributed by atoms with E-state index in [9.17, 15) is 0 Å². The lowest BCUT2D eigenvalue weighted by molar-refractivity contribution is 1.17. The molecule has 1 aliphatic rings. The minimum atomic E-state index is 1.16. The molecule has 0 saturated carbocycles. The molecule has 60 heavy (non-hydrogen) atoms. The maximum Gasteiger partial charge on any atom is 0.0602 e. The van der Waals surface area contributed by atoms with Crippen LogP contribution in [0.2, 0.25) is 0 Å². The lowest BCUT2D eigenvalue weighted by Crippen LogP contribution is -2.14. The van der Waals surface area contributed by atoms with E-state index < -0.39 is 0 Å². The highest BCUT2D eigenvalue weighted by Crippen LogP contribution is 2.53. The predicted octanol–water partition coefficient (Wildman–Crippen LogP) is 16.7. The Hall–Kier alpha value is -7.11. The van der Waals surface area contributed by atoms with E-state index in [0.29, 0.717) is 0 Å². The number of fused-ring (bicyclic) bond motifs is 11. The van der Waals surface area contributed by atoms with Crippen molar-refractivity contribution in [3.63, 3.8) is 0 Å². The van der Waals surface area contributed by atoms with Crippen molar-refractivity contribution in [2.75, 3.05) is 4.90 Å². The quantitative estimate of drug-likeness (QED) is 0.164. The summed E-state index contributed by atoms with van der Waals surface area (Å²) in [5.74, 6) is 0. The second-order valence-electron chi connectivity index (χ2n) is 15.7. The average molecular weight is 799 g/mol. The number of anilines is 3. The standard InChI is InChI=1S/C56H34N2S2/c1-2-11-35(12-3-1)36-13-10-14-42(30-36)58-51-18-7-9-20-54(51)59-55-34-39(24-28-52(55)58)37-23-27-50-48(33-37)44-15-4-6-17-49(44)57(50)43-25-21-38-32-47-40(29-41(38)31-43)22-26-46-45-16-5-8-19-53(45)60-56(46)47/h1-34H.